The molecule has 2 N–H and O–H groups in total. The molecule has 22 heavy (non-hydrogen) atoms. The van der Waals surface area contributed by atoms with Gasteiger partial charge in [0.15, 0.2) is 5.76 Å². The predicted octanol–water partition coefficient (Wildman–Crippen LogP) is 3.52. The lowest BCUT2D eigenvalue weighted by Gasteiger charge is -2.06. The molecule has 2 aromatic heterocycles. The fourth-order valence-electron chi connectivity index (χ4n) is 2.60. The molecular weight excluding hydrogens is 278 g/mol. The minimum absolute atomic E-state index is 0.120. The first-order valence-corrected chi connectivity index (χ1v) is 7.37. The predicted molar refractivity (Wildman–Crippen MR) is 84.8 cm³/mol. The molecule has 0 unspecified atom stereocenters. The number of benzene rings is 1. The molecule has 0 spiro atoms. The number of aromatic nitrogens is 2. The number of nitrogens with zero attached hydrogens (tertiary/aromatic N) is 1. The number of hydrogen-bond donors (Lipinski definition) is 2. The van der Waals surface area contributed by atoms with Gasteiger partial charge in [0.25, 0.3) is 5.91 Å². The Morgan fingerprint density at radius 2 is 2.14 bits per heavy atom. The highest BCUT2D eigenvalue weighted by atomic mass is 16.5. The molecule has 0 aliphatic rings. The summed E-state index contributed by atoms with van der Waals surface area (Å²) >= 11 is 0. The van der Waals surface area contributed by atoms with Crippen molar-refractivity contribution in [3.05, 3.63) is 53.0 Å². The number of aromatic amines is 1. The average Bonchev–Trinajstić information content (AvgIpc) is 3.08. The van der Waals surface area contributed by atoms with Crippen LogP contribution in [0, 0.1) is 6.92 Å². The summed E-state index contributed by atoms with van der Waals surface area (Å²) in [5, 5.41) is 7.99. The maximum absolute atomic E-state index is 12.5. The van der Waals surface area contributed by atoms with Crippen molar-refractivity contribution in [3.8, 4) is 0 Å². The molecule has 3 aromatic rings. The highest BCUT2D eigenvalue weighted by Crippen LogP contribution is 2.22. The molecule has 2 heterocycles. The van der Waals surface area contributed by atoms with Crippen molar-refractivity contribution in [1.29, 1.82) is 0 Å². The number of amides is 1. The van der Waals surface area contributed by atoms with Gasteiger partial charge in [0.2, 0.25) is 0 Å². The Morgan fingerprint density at radius 1 is 1.36 bits per heavy atom. The third kappa shape index (κ3) is 2.50. The van der Waals surface area contributed by atoms with Gasteiger partial charge in [0, 0.05) is 29.6 Å². The van der Waals surface area contributed by atoms with Crippen LogP contribution in [0.4, 0.5) is 0 Å². The van der Waals surface area contributed by atoms with E-state index in [0.717, 1.165) is 16.5 Å². The van der Waals surface area contributed by atoms with Crippen LogP contribution in [0.1, 0.15) is 47.1 Å². The summed E-state index contributed by atoms with van der Waals surface area (Å²) in [6.45, 7) is 6.22. The van der Waals surface area contributed by atoms with E-state index in [4.69, 9.17) is 4.52 Å². The van der Waals surface area contributed by atoms with Gasteiger partial charge >= 0.3 is 0 Å². The number of hydrogen-bond acceptors (Lipinski definition) is 3. The van der Waals surface area contributed by atoms with Crippen molar-refractivity contribution in [3.63, 3.8) is 0 Å². The monoisotopic (exact) mass is 297 g/mol. The number of rotatable bonds is 4. The Morgan fingerprint density at radius 3 is 2.91 bits per heavy atom. The van der Waals surface area contributed by atoms with Gasteiger partial charge in [0.05, 0.1) is 5.69 Å². The lowest BCUT2D eigenvalue weighted by molar-refractivity contribution is 0.0948. The number of nitrogens with one attached hydrogen (secondary N) is 2. The second-order valence-electron chi connectivity index (χ2n) is 5.70. The van der Waals surface area contributed by atoms with E-state index in [1.165, 1.54) is 0 Å². The van der Waals surface area contributed by atoms with E-state index in [-0.39, 0.29) is 11.8 Å². The first kappa shape index (κ1) is 14.4. The van der Waals surface area contributed by atoms with Gasteiger partial charge in [-0.3, -0.25) is 4.79 Å². The second kappa shape index (κ2) is 5.67. The summed E-state index contributed by atoms with van der Waals surface area (Å²) in [6.07, 6.45) is 1.93. The Labute approximate surface area is 128 Å². The topological polar surface area (TPSA) is 70.9 Å². The van der Waals surface area contributed by atoms with Gasteiger partial charge in [-0.1, -0.05) is 37.2 Å². The molecule has 0 radical (unpaired) electrons. The van der Waals surface area contributed by atoms with Crippen LogP contribution in [0.3, 0.4) is 0 Å². The third-order valence-corrected chi connectivity index (χ3v) is 3.75. The van der Waals surface area contributed by atoms with E-state index in [9.17, 15) is 4.79 Å². The fraction of sp³-hybridized carbons (Fsp3) is 0.294. The lowest BCUT2D eigenvalue weighted by atomic mass is 10.0. The molecule has 0 aliphatic carbocycles. The molecule has 3 rings (SSSR count). The van der Waals surface area contributed by atoms with Crippen LogP contribution < -0.4 is 5.32 Å². The largest absolute Gasteiger partial charge is 0.361 e. The maximum atomic E-state index is 12.5. The summed E-state index contributed by atoms with van der Waals surface area (Å²) in [5.74, 6) is 0.608. The van der Waals surface area contributed by atoms with Gasteiger partial charge < -0.3 is 14.8 Å². The Balaban J connectivity index is 1.79. The zero-order chi connectivity index (χ0) is 15.7. The number of carbonyl (C=O) groups excluding carboxylic acids is 1. The van der Waals surface area contributed by atoms with E-state index in [1.807, 2.05) is 44.3 Å². The number of aryl methyl sites for hydroxylation is 1. The lowest BCUT2D eigenvalue weighted by Crippen LogP contribution is -2.24. The zero-order valence-corrected chi connectivity index (χ0v) is 12.9. The molecule has 0 aliphatic heterocycles. The second-order valence-corrected chi connectivity index (χ2v) is 5.70. The summed E-state index contributed by atoms with van der Waals surface area (Å²) in [4.78, 5) is 15.7. The highest BCUT2D eigenvalue weighted by Gasteiger charge is 2.22. The number of para-hydroxylation sites is 1. The third-order valence-electron chi connectivity index (χ3n) is 3.75. The van der Waals surface area contributed by atoms with Crippen molar-refractivity contribution >= 4 is 16.8 Å². The van der Waals surface area contributed by atoms with Gasteiger partial charge in [0.1, 0.15) is 5.56 Å². The van der Waals surface area contributed by atoms with Crippen LogP contribution in [0.25, 0.3) is 10.9 Å². The van der Waals surface area contributed by atoms with Crippen LogP contribution in [0.5, 0.6) is 0 Å². The number of H-pyrrole nitrogens is 1. The first-order valence-electron chi connectivity index (χ1n) is 7.37. The normalized spacial score (nSPS) is 11.3. The van der Waals surface area contributed by atoms with Crippen molar-refractivity contribution in [2.45, 2.75) is 33.2 Å². The standard InChI is InChI=1S/C17H19N3O2/c1-10(2)16-15(11(3)20-22-16)17(21)19-9-12-8-18-14-7-5-4-6-13(12)14/h4-8,10,18H,9H2,1-3H3,(H,19,21). The van der Waals surface area contributed by atoms with Crippen molar-refractivity contribution in [2.75, 3.05) is 0 Å². The molecule has 0 saturated heterocycles. The minimum Gasteiger partial charge on any atom is -0.361 e. The smallest absolute Gasteiger partial charge is 0.257 e. The molecule has 0 atom stereocenters. The van der Waals surface area contributed by atoms with Crippen LogP contribution in [-0.2, 0) is 6.54 Å². The molecule has 0 saturated carbocycles. The summed E-state index contributed by atoms with van der Waals surface area (Å²) in [6, 6.07) is 8.03. The zero-order valence-electron chi connectivity index (χ0n) is 12.9. The fourth-order valence-corrected chi connectivity index (χ4v) is 2.60. The van der Waals surface area contributed by atoms with Crippen molar-refractivity contribution in [1.82, 2.24) is 15.5 Å². The van der Waals surface area contributed by atoms with E-state index in [1.54, 1.807) is 6.92 Å². The molecule has 0 bridgehead atoms. The first-order chi connectivity index (χ1) is 10.6. The molecule has 0 fully saturated rings. The summed E-state index contributed by atoms with van der Waals surface area (Å²) < 4.78 is 5.27. The van der Waals surface area contributed by atoms with Crippen LogP contribution in [0.2, 0.25) is 0 Å². The highest BCUT2D eigenvalue weighted by molar-refractivity contribution is 5.96. The molecular formula is C17H19N3O2. The number of carbonyl (C=O) groups is 1. The summed E-state index contributed by atoms with van der Waals surface area (Å²) in [5.41, 5.74) is 3.30. The van der Waals surface area contributed by atoms with Crippen molar-refractivity contribution < 1.29 is 9.32 Å². The maximum Gasteiger partial charge on any atom is 0.257 e. The summed E-state index contributed by atoms with van der Waals surface area (Å²) in [7, 11) is 0. The Kier molecular flexibility index (Phi) is 3.71. The van der Waals surface area contributed by atoms with Crippen LogP contribution >= 0.6 is 0 Å². The average molecular weight is 297 g/mol. The SMILES string of the molecule is Cc1noc(C(C)C)c1C(=O)NCc1c[nH]c2ccccc12. The van der Waals surface area contributed by atoms with E-state index in [2.05, 4.69) is 15.5 Å². The Hall–Kier alpha value is -2.56. The number of fused-ring (bicyclic) bond motifs is 1. The van der Waals surface area contributed by atoms with Crippen molar-refractivity contribution in [2.24, 2.45) is 0 Å². The molecule has 1 amide bonds. The quantitative estimate of drug-likeness (QED) is 0.774. The molecule has 1 aromatic carbocycles. The van der Waals surface area contributed by atoms with E-state index in [0.29, 0.717) is 23.6 Å². The van der Waals surface area contributed by atoms with E-state index >= 15 is 0 Å². The van der Waals surface area contributed by atoms with E-state index < -0.39 is 0 Å². The van der Waals surface area contributed by atoms with Crippen LogP contribution in [-0.4, -0.2) is 16.0 Å². The van der Waals surface area contributed by atoms with Gasteiger partial charge in [-0.2, -0.15) is 0 Å². The molecule has 5 nitrogen and oxygen atoms in total. The Bertz CT molecular complexity index is 814. The minimum atomic E-state index is -0.146. The molecule has 5 heteroatoms. The van der Waals surface area contributed by atoms with Gasteiger partial charge in [-0.05, 0) is 18.6 Å². The molecule has 114 valence electrons. The van der Waals surface area contributed by atoms with Gasteiger partial charge in [-0.15, -0.1) is 0 Å². The van der Waals surface area contributed by atoms with Crippen LogP contribution in [0.15, 0.2) is 35.0 Å². The van der Waals surface area contributed by atoms with Gasteiger partial charge in [-0.25, -0.2) is 0 Å².